The van der Waals surface area contributed by atoms with Crippen LogP contribution in [-0.4, -0.2) is 46.1 Å². The van der Waals surface area contributed by atoms with Crippen LogP contribution in [0.1, 0.15) is 50.4 Å². The van der Waals surface area contributed by atoms with Crippen molar-refractivity contribution < 1.29 is 22.6 Å². The van der Waals surface area contributed by atoms with Gasteiger partial charge >= 0.3 is 6.18 Å². The molecule has 3 aliphatic rings. The average Bonchev–Trinajstić information content (AvgIpc) is 3.40. The SMILES string of the molecule is CCc1c(C)nc2cc3nn2c1N1CCC(C)(CC1)OC/C=C\NC(C)Oc1ccc(C(F)(F)F)cc1-c1cccc-3c1. The summed E-state index contributed by atoms with van der Waals surface area (Å²) in [6.07, 6.45) is 1.21. The second-order valence-corrected chi connectivity index (χ2v) is 11.5. The topological polar surface area (TPSA) is 63.9 Å². The zero-order valence-electron chi connectivity index (χ0n) is 24.8. The van der Waals surface area contributed by atoms with E-state index >= 15 is 0 Å². The smallest absolute Gasteiger partial charge is 0.416 e. The first-order valence-electron chi connectivity index (χ1n) is 14.7. The number of piperidine rings is 1. The van der Waals surface area contributed by atoms with Gasteiger partial charge in [0.25, 0.3) is 0 Å². The number of hydrogen-bond acceptors (Lipinski definition) is 6. The fourth-order valence-electron chi connectivity index (χ4n) is 5.96. The van der Waals surface area contributed by atoms with Gasteiger partial charge in [-0.2, -0.15) is 22.8 Å². The molecule has 0 amide bonds. The van der Waals surface area contributed by atoms with Crippen LogP contribution in [0.4, 0.5) is 19.0 Å². The Labute approximate surface area is 249 Å². The lowest BCUT2D eigenvalue weighted by atomic mass is 9.93. The van der Waals surface area contributed by atoms with Crippen LogP contribution in [0, 0.1) is 6.92 Å². The Morgan fingerprint density at radius 1 is 1.07 bits per heavy atom. The van der Waals surface area contributed by atoms with Crippen molar-refractivity contribution in [2.75, 3.05) is 24.6 Å². The van der Waals surface area contributed by atoms with Gasteiger partial charge in [-0.05, 0) is 82.1 Å². The van der Waals surface area contributed by atoms with Gasteiger partial charge in [-0.15, -0.1) is 0 Å². The number of anilines is 1. The first-order chi connectivity index (χ1) is 20.5. The molecule has 4 aromatic rings. The van der Waals surface area contributed by atoms with E-state index in [4.69, 9.17) is 19.6 Å². The summed E-state index contributed by atoms with van der Waals surface area (Å²) >= 11 is 0. The Kier molecular flexibility index (Phi) is 7.58. The van der Waals surface area contributed by atoms with Crippen LogP contribution in [0.3, 0.4) is 0 Å². The van der Waals surface area contributed by atoms with Crippen molar-refractivity contribution >= 4 is 11.5 Å². The molecule has 1 unspecified atom stereocenters. The molecule has 2 aromatic heterocycles. The highest BCUT2D eigenvalue weighted by atomic mass is 19.4. The minimum atomic E-state index is -4.49. The van der Waals surface area contributed by atoms with E-state index in [9.17, 15) is 13.2 Å². The molecule has 2 aromatic carbocycles. The molecule has 0 spiro atoms. The maximum absolute atomic E-state index is 13.8. The van der Waals surface area contributed by atoms with Crippen LogP contribution >= 0.6 is 0 Å². The van der Waals surface area contributed by atoms with Crippen LogP contribution in [0.5, 0.6) is 5.75 Å². The van der Waals surface area contributed by atoms with Gasteiger partial charge in [-0.25, -0.2) is 4.98 Å². The lowest BCUT2D eigenvalue weighted by Gasteiger charge is -2.40. The van der Waals surface area contributed by atoms with E-state index < -0.39 is 18.0 Å². The molecule has 0 radical (unpaired) electrons. The van der Waals surface area contributed by atoms with Gasteiger partial charge in [0, 0.05) is 41.5 Å². The predicted octanol–water partition coefficient (Wildman–Crippen LogP) is 7.17. The largest absolute Gasteiger partial charge is 0.470 e. The summed E-state index contributed by atoms with van der Waals surface area (Å²) in [5.74, 6) is 1.37. The molecule has 0 aliphatic carbocycles. The van der Waals surface area contributed by atoms with Gasteiger partial charge in [-0.3, -0.25) is 0 Å². The first kappa shape index (κ1) is 29.0. The third-order valence-corrected chi connectivity index (χ3v) is 8.41. The van der Waals surface area contributed by atoms with Crippen molar-refractivity contribution in [3.8, 4) is 28.1 Å². The molecular weight excluding hydrogens is 555 g/mol. The summed E-state index contributed by atoms with van der Waals surface area (Å²) in [5, 5.41) is 8.17. The number of aromatic nitrogens is 3. The molecule has 0 saturated carbocycles. The highest BCUT2D eigenvalue weighted by Crippen LogP contribution is 2.39. The van der Waals surface area contributed by atoms with Gasteiger partial charge < -0.3 is 19.7 Å². The van der Waals surface area contributed by atoms with Crippen LogP contribution in [0.15, 0.2) is 60.8 Å². The summed E-state index contributed by atoms with van der Waals surface area (Å²) in [7, 11) is 0. The van der Waals surface area contributed by atoms with Crippen molar-refractivity contribution in [2.24, 2.45) is 0 Å². The number of aryl methyl sites for hydroxylation is 1. The Morgan fingerprint density at radius 3 is 2.58 bits per heavy atom. The fraction of sp³-hybridized carbons (Fsp3) is 0.394. The number of benzene rings is 2. The Morgan fingerprint density at radius 2 is 1.84 bits per heavy atom. The number of alkyl halides is 3. The predicted molar refractivity (Wildman–Crippen MR) is 161 cm³/mol. The van der Waals surface area contributed by atoms with E-state index in [0.717, 1.165) is 72.8 Å². The highest BCUT2D eigenvalue weighted by Gasteiger charge is 2.34. The second-order valence-electron chi connectivity index (χ2n) is 11.5. The van der Waals surface area contributed by atoms with Gasteiger partial charge in [-0.1, -0.05) is 25.1 Å². The summed E-state index contributed by atoms with van der Waals surface area (Å²) in [5.41, 5.74) is 4.24. The molecule has 3 aliphatic heterocycles. The number of nitrogens with one attached hydrogen (secondary N) is 1. The molecule has 5 heterocycles. The lowest BCUT2D eigenvalue weighted by Crippen LogP contribution is -2.45. The maximum atomic E-state index is 13.8. The van der Waals surface area contributed by atoms with E-state index in [0.29, 0.717) is 29.2 Å². The van der Waals surface area contributed by atoms with Crippen molar-refractivity contribution in [3.05, 3.63) is 77.6 Å². The van der Waals surface area contributed by atoms with Gasteiger partial charge in [0.1, 0.15) is 11.6 Å². The van der Waals surface area contributed by atoms with E-state index in [1.165, 1.54) is 6.07 Å². The summed E-state index contributed by atoms with van der Waals surface area (Å²) in [6.45, 7) is 10.2. The standard InChI is InChI=1S/C33H36F3N5O2/c1-5-26-21(2)38-30-20-28-24-9-6-8-23(18-24)27-19-25(33(34,35)36)10-11-29(27)43-22(3)37-14-7-17-42-32(4)12-15-40(16-13-32)31(26)41(30)39-28/h6-11,14,18-20,22,37H,5,12-13,15-17H2,1-4H3/b14-7-. The summed E-state index contributed by atoms with van der Waals surface area (Å²) < 4.78 is 55.7. The quantitative estimate of drug-likeness (QED) is 0.253. The monoisotopic (exact) mass is 591 g/mol. The van der Waals surface area contributed by atoms with E-state index in [1.54, 1.807) is 19.2 Å². The van der Waals surface area contributed by atoms with Crippen LogP contribution in [0.25, 0.3) is 28.0 Å². The van der Waals surface area contributed by atoms with Crippen LogP contribution in [0.2, 0.25) is 0 Å². The number of fused-ring (bicyclic) bond motifs is 7. The van der Waals surface area contributed by atoms with Crippen molar-refractivity contribution in [1.82, 2.24) is 19.9 Å². The van der Waals surface area contributed by atoms with Gasteiger partial charge in [0.15, 0.2) is 11.9 Å². The molecule has 6 bridgehead atoms. The molecule has 7 rings (SSSR count). The average molecular weight is 592 g/mol. The third kappa shape index (κ3) is 5.80. The summed E-state index contributed by atoms with van der Waals surface area (Å²) in [4.78, 5) is 7.26. The van der Waals surface area contributed by atoms with E-state index in [1.807, 2.05) is 41.8 Å². The second kappa shape index (κ2) is 11.2. The molecule has 1 saturated heterocycles. The van der Waals surface area contributed by atoms with Crippen molar-refractivity contribution in [3.63, 3.8) is 0 Å². The molecule has 7 nitrogen and oxygen atoms in total. The number of ether oxygens (including phenoxy) is 2. The zero-order valence-corrected chi connectivity index (χ0v) is 24.8. The van der Waals surface area contributed by atoms with Gasteiger partial charge in [0.05, 0.1) is 23.5 Å². The van der Waals surface area contributed by atoms with Crippen molar-refractivity contribution in [1.29, 1.82) is 0 Å². The maximum Gasteiger partial charge on any atom is 0.416 e. The number of hydrogen-bond donors (Lipinski definition) is 1. The van der Waals surface area contributed by atoms with Crippen molar-refractivity contribution in [2.45, 2.75) is 65.0 Å². The Bertz CT molecular complexity index is 1670. The van der Waals surface area contributed by atoms with Gasteiger partial charge in [0.2, 0.25) is 0 Å². The van der Waals surface area contributed by atoms with Crippen LogP contribution < -0.4 is 15.0 Å². The Hall–Kier alpha value is -4.05. The molecule has 1 fully saturated rings. The van der Waals surface area contributed by atoms with Crippen LogP contribution in [-0.2, 0) is 17.3 Å². The lowest BCUT2D eigenvalue weighted by molar-refractivity contribution is -0.137. The molecule has 1 N–H and O–H groups in total. The van der Waals surface area contributed by atoms with E-state index in [2.05, 4.69) is 24.1 Å². The highest BCUT2D eigenvalue weighted by molar-refractivity contribution is 5.77. The third-order valence-electron chi connectivity index (χ3n) is 8.41. The molecule has 226 valence electrons. The molecule has 10 heteroatoms. The minimum Gasteiger partial charge on any atom is -0.470 e. The molecule has 43 heavy (non-hydrogen) atoms. The molecule has 1 atom stereocenters. The van der Waals surface area contributed by atoms with E-state index in [-0.39, 0.29) is 5.60 Å². The normalized spacial score (nSPS) is 21.7. The number of halogens is 3. The zero-order chi connectivity index (χ0) is 30.4. The Balaban J connectivity index is 1.51. The first-order valence-corrected chi connectivity index (χ1v) is 14.7. The summed E-state index contributed by atoms with van der Waals surface area (Å²) in [6, 6.07) is 12.9. The fourth-order valence-corrected chi connectivity index (χ4v) is 5.96. The minimum absolute atomic E-state index is 0.262. The molecular formula is C33H36F3N5O2. The number of rotatable bonds is 1. The number of nitrogens with zero attached hydrogens (tertiary/aromatic N) is 4.